The third-order valence-corrected chi connectivity index (χ3v) is 11.2. The number of anilines is 2. The van der Waals surface area contributed by atoms with Crippen LogP contribution in [0, 0.1) is 5.92 Å². The molecule has 1 spiro atoms. The van der Waals surface area contributed by atoms with Crippen molar-refractivity contribution < 1.29 is 33.1 Å². The summed E-state index contributed by atoms with van der Waals surface area (Å²) in [5, 5.41) is 9.78. The van der Waals surface area contributed by atoms with Crippen LogP contribution >= 0.6 is 0 Å². The maximum absolute atomic E-state index is 15.8. The molecule has 0 radical (unpaired) electrons. The Morgan fingerprint density at radius 1 is 1.21 bits per heavy atom. The smallest absolute Gasteiger partial charge is 0.305 e. The molecule has 10 heteroatoms. The van der Waals surface area contributed by atoms with Gasteiger partial charge in [-0.25, -0.2) is 0 Å². The van der Waals surface area contributed by atoms with E-state index in [1.807, 2.05) is 30.0 Å². The largest absolute Gasteiger partial charge is 0.469 e. The third-order valence-electron chi connectivity index (χ3n) is 8.73. The first-order valence-electron chi connectivity index (χ1n) is 14.4. The van der Waals surface area contributed by atoms with Crippen molar-refractivity contribution in [3.63, 3.8) is 0 Å². The van der Waals surface area contributed by atoms with Crippen LogP contribution in [-0.2, 0) is 29.5 Å². The average molecular weight is 563 g/mol. The summed E-state index contributed by atoms with van der Waals surface area (Å²) in [7, 11) is -1.94. The number of carbonyl (C=O) groups excluding carboxylic acids is 3. The second-order valence-electron chi connectivity index (χ2n) is 11.7. The van der Waals surface area contributed by atoms with Crippen LogP contribution in [0.3, 0.4) is 0 Å². The lowest BCUT2D eigenvalue weighted by atomic mass is 9.82. The second-order valence-corrected chi connectivity index (χ2v) is 15.5. The Kier molecular flexibility index (Phi) is 9.18. The van der Waals surface area contributed by atoms with Crippen molar-refractivity contribution >= 4 is 37.6 Å². The van der Waals surface area contributed by atoms with Gasteiger partial charge in [-0.1, -0.05) is 19.8 Å². The zero-order valence-electron chi connectivity index (χ0n) is 23.7. The predicted molar refractivity (Wildman–Crippen MR) is 150 cm³/mol. The number of halogens is 1. The number of hydrogen-bond acceptors (Lipinski definition) is 6. The van der Waals surface area contributed by atoms with E-state index in [1.54, 1.807) is 18.0 Å². The molecule has 2 saturated heterocycles. The van der Waals surface area contributed by atoms with Gasteiger partial charge in [0.05, 0.1) is 18.9 Å². The molecule has 0 bridgehead atoms. The van der Waals surface area contributed by atoms with E-state index >= 15 is 4.11 Å². The van der Waals surface area contributed by atoms with Gasteiger partial charge in [0.2, 0.25) is 14.3 Å². The van der Waals surface area contributed by atoms with E-state index in [4.69, 9.17) is 9.47 Å². The molecule has 0 aliphatic carbocycles. The van der Waals surface area contributed by atoms with E-state index < -0.39 is 31.6 Å². The number of carbonyl (C=O) groups is 3. The second kappa shape index (κ2) is 12.1. The fraction of sp³-hybridized carbons (Fsp3) is 0.690. The standard InChI is InChI=1S/C29H43FN2O6Si/c1-20-27(39(3,4)30)24(15-18-33)38-29(20)22-19-21(31-16-9-6-5-7-11-25(31)34)13-14-23(22)32(28(29)36)17-10-8-12-26(35)37-2/h13-14,19-20,24,27,33H,5-12,15-18H2,1-4H3/t20-,24+,27-,29+/m0/s1. The number of aliphatic hydroxyl groups is 1. The topological polar surface area (TPSA) is 96.4 Å². The lowest BCUT2D eigenvalue weighted by Crippen LogP contribution is -2.45. The number of ether oxygens (including phenoxy) is 2. The number of amides is 2. The van der Waals surface area contributed by atoms with Gasteiger partial charge in [-0.05, 0) is 63.4 Å². The Bertz CT molecular complexity index is 1080. The molecule has 4 rings (SSSR count). The van der Waals surface area contributed by atoms with Gasteiger partial charge in [-0.15, -0.1) is 0 Å². The van der Waals surface area contributed by atoms with Crippen LogP contribution in [0.15, 0.2) is 18.2 Å². The van der Waals surface area contributed by atoms with E-state index in [2.05, 4.69) is 0 Å². The number of nitrogens with zero attached hydrogens (tertiary/aromatic N) is 2. The van der Waals surface area contributed by atoms with Crippen molar-refractivity contribution in [3.05, 3.63) is 23.8 Å². The Balaban J connectivity index is 1.75. The van der Waals surface area contributed by atoms with Crippen LogP contribution < -0.4 is 9.80 Å². The molecule has 0 saturated carbocycles. The molecule has 2 amide bonds. The Morgan fingerprint density at radius 2 is 1.95 bits per heavy atom. The van der Waals surface area contributed by atoms with Crippen LogP contribution in [0.1, 0.15) is 70.3 Å². The van der Waals surface area contributed by atoms with Crippen LogP contribution in [-0.4, -0.2) is 64.2 Å². The Hall–Kier alpha value is -2.30. The first kappa shape index (κ1) is 29.7. The third kappa shape index (κ3) is 5.65. The van der Waals surface area contributed by atoms with Gasteiger partial charge in [0, 0.05) is 55.2 Å². The molecular formula is C29H43FN2O6Si. The summed E-state index contributed by atoms with van der Waals surface area (Å²) in [6.45, 7) is 6.02. The summed E-state index contributed by atoms with van der Waals surface area (Å²) in [4.78, 5) is 42.5. The monoisotopic (exact) mass is 562 g/mol. The number of unbranched alkanes of at least 4 members (excludes halogenated alkanes) is 1. The SMILES string of the molecule is COC(=O)CCCCN1C(=O)[C@]2(O[C@H](CCO)[C@@H]([Si](C)(C)F)[C@@H]2C)c2cc(N3CCCCCCC3=O)ccc21. The lowest BCUT2D eigenvalue weighted by Gasteiger charge is -2.32. The van der Waals surface area contributed by atoms with Gasteiger partial charge >= 0.3 is 5.97 Å². The van der Waals surface area contributed by atoms with Gasteiger partial charge < -0.3 is 28.5 Å². The Morgan fingerprint density at radius 3 is 2.64 bits per heavy atom. The van der Waals surface area contributed by atoms with Crippen LogP contribution in [0.5, 0.6) is 0 Å². The Labute approximate surface area is 232 Å². The fourth-order valence-electron chi connectivity index (χ4n) is 6.90. The molecule has 8 nitrogen and oxygen atoms in total. The van der Waals surface area contributed by atoms with Crippen molar-refractivity contribution in [2.24, 2.45) is 5.92 Å². The highest BCUT2D eigenvalue weighted by atomic mass is 28.4. The molecule has 1 aromatic rings. The lowest BCUT2D eigenvalue weighted by molar-refractivity contribution is -0.146. The number of aliphatic hydroxyl groups excluding tert-OH is 1. The molecule has 3 heterocycles. The number of benzene rings is 1. The fourth-order valence-corrected chi connectivity index (χ4v) is 9.44. The van der Waals surface area contributed by atoms with Gasteiger partial charge in [0.1, 0.15) is 0 Å². The van der Waals surface area contributed by atoms with E-state index in [1.165, 1.54) is 7.11 Å². The van der Waals surface area contributed by atoms with Crippen LogP contribution in [0.2, 0.25) is 18.6 Å². The van der Waals surface area contributed by atoms with E-state index in [0.29, 0.717) is 43.6 Å². The number of esters is 1. The minimum absolute atomic E-state index is 0.0708. The van der Waals surface area contributed by atoms with Gasteiger partial charge in [0.25, 0.3) is 5.91 Å². The van der Waals surface area contributed by atoms with Crippen molar-refractivity contribution in [3.8, 4) is 0 Å². The predicted octanol–water partition coefficient (Wildman–Crippen LogP) is 4.83. The molecule has 39 heavy (non-hydrogen) atoms. The van der Waals surface area contributed by atoms with Crippen molar-refractivity contribution in [1.82, 2.24) is 0 Å². The number of rotatable bonds is 9. The summed E-state index contributed by atoms with van der Waals surface area (Å²) in [5.41, 5.74) is 0.238. The molecule has 0 unspecified atom stereocenters. The van der Waals surface area contributed by atoms with Crippen LogP contribution in [0.4, 0.5) is 15.5 Å². The van der Waals surface area contributed by atoms with Gasteiger partial charge in [-0.3, -0.25) is 14.4 Å². The van der Waals surface area contributed by atoms with Crippen LogP contribution in [0.25, 0.3) is 0 Å². The highest BCUT2D eigenvalue weighted by molar-refractivity contribution is 6.72. The first-order valence-corrected chi connectivity index (χ1v) is 17.3. The van der Waals surface area contributed by atoms with Gasteiger partial charge in [-0.2, -0.15) is 0 Å². The van der Waals surface area contributed by atoms with Gasteiger partial charge in [0.15, 0.2) is 5.60 Å². The molecule has 3 aliphatic heterocycles. The zero-order valence-corrected chi connectivity index (χ0v) is 24.7. The quantitative estimate of drug-likeness (QED) is 0.200. The average Bonchev–Trinajstić information content (AvgIpc) is 3.30. The molecule has 0 aromatic heterocycles. The summed E-state index contributed by atoms with van der Waals surface area (Å²) < 4.78 is 27.1. The number of hydrogen-bond donors (Lipinski definition) is 1. The first-order chi connectivity index (χ1) is 18.6. The summed E-state index contributed by atoms with van der Waals surface area (Å²) in [6.07, 6.45) is 5.47. The molecular weight excluding hydrogens is 519 g/mol. The molecule has 2 fully saturated rings. The molecule has 1 aromatic carbocycles. The zero-order chi connectivity index (χ0) is 28.4. The minimum Gasteiger partial charge on any atom is -0.469 e. The summed E-state index contributed by atoms with van der Waals surface area (Å²) in [6, 6.07) is 5.68. The molecule has 216 valence electrons. The maximum atomic E-state index is 15.8. The van der Waals surface area contributed by atoms with E-state index in [9.17, 15) is 19.5 Å². The van der Waals surface area contributed by atoms with Crippen molar-refractivity contribution in [2.45, 2.75) is 95.1 Å². The van der Waals surface area contributed by atoms with E-state index in [0.717, 1.165) is 31.4 Å². The highest BCUT2D eigenvalue weighted by Gasteiger charge is 2.66. The van der Waals surface area contributed by atoms with Crippen molar-refractivity contribution in [1.29, 1.82) is 0 Å². The van der Waals surface area contributed by atoms with Crippen molar-refractivity contribution in [2.75, 3.05) is 36.6 Å². The highest BCUT2D eigenvalue weighted by Crippen LogP contribution is 2.60. The van der Waals surface area contributed by atoms with E-state index in [-0.39, 0.29) is 37.2 Å². The molecule has 1 N–H and O–H groups in total. The normalized spacial score (nSPS) is 27.6. The molecule has 4 atom stereocenters. The molecule has 3 aliphatic rings. The summed E-state index contributed by atoms with van der Waals surface area (Å²) >= 11 is 0. The maximum Gasteiger partial charge on any atom is 0.305 e. The number of methoxy groups -OCH3 is 1. The number of fused-ring (bicyclic) bond motifs is 2. The summed E-state index contributed by atoms with van der Waals surface area (Å²) in [5.74, 6) is -0.908. The minimum atomic E-state index is -3.29.